The summed E-state index contributed by atoms with van der Waals surface area (Å²) in [5.41, 5.74) is 3.86. The Morgan fingerprint density at radius 2 is 1.84 bits per heavy atom. The quantitative estimate of drug-likeness (QED) is 0.928. The summed E-state index contributed by atoms with van der Waals surface area (Å²) in [6.45, 7) is 11.5. The minimum absolute atomic E-state index is 0.103. The van der Waals surface area contributed by atoms with E-state index >= 15 is 0 Å². The SMILES string of the molecule is Cc1ccc(-c2nnc(CNC(C)(C)C)s2)cc1C. The molecule has 2 rings (SSSR count). The smallest absolute Gasteiger partial charge is 0.147 e. The molecule has 1 aromatic carbocycles. The lowest BCUT2D eigenvalue weighted by molar-refractivity contribution is 0.423. The van der Waals surface area contributed by atoms with Crippen LogP contribution >= 0.6 is 11.3 Å². The van der Waals surface area contributed by atoms with Crippen LogP contribution in [0.3, 0.4) is 0 Å². The van der Waals surface area contributed by atoms with Crippen molar-refractivity contribution in [2.75, 3.05) is 0 Å². The maximum atomic E-state index is 4.29. The third-order valence-corrected chi connectivity index (χ3v) is 3.96. The van der Waals surface area contributed by atoms with Crippen LogP contribution in [0.5, 0.6) is 0 Å². The first-order chi connectivity index (χ1) is 8.85. The summed E-state index contributed by atoms with van der Waals surface area (Å²) in [7, 11) is 0. The first-order valence-corrected chi connectivity index (χ1v) is 7.32. The Kier molecular flexibility index (Phi) is 4.02. The van der Waals surface area contributed by atoms with E-state index in [1.54, 1.807) is 11.3 Å². The third kappa shape index (κ3) is 3.85. The summed E-state index contributed by atoms with van der Waals surface area (Å²) in [6, 6.07) is 6.43. The molecular weight excluding hydrogens is 254 g/mol. The topological polar surface area (TPSA) is 37.8 Å². The summed E-state index contributed by atoms with van der Waals surface area (Å²) in [4.78, 5) is 0. The van der Waals surface area contributed by atoms with Gasteiger partial charge in [0.05, 0.1) is 6.54 Å². The van der Waals surface area contributed by atoms with Gasteiger partial charge in [-0.3, -0.25) is 0 Å². The van der Waals surface area contributed by atoms with Crippen LogP contribution in [0, 0.1) is 13.8 Å². The van der Waals surface area contributed by atoms with Gasteiger partial charge < -0.3 is 5.32 Å². The molecule has 0 amide bonds. The average molecular weight is 275 g/mol. The average Bonchev–Trinajstić information content (AvgIpc) is 2.78. The second kappa shape index (κ2) is 5.39. The number of aromatic nitrogens is 2. The van der Waals surface area contributed by atoms with Crippen molar-refractivity contribution in [3.05, 3.63) is 34.3 Å². The molecule has 0 spiro atoms. The van der Waals surface area contributed by atoms with Gasteiger partial charge in [0.15, 0.2) is 0 Å². The van der Waals surface area contributed by atoms with Crippen molar-refractivity contribution in [1.82, 2.24) is 15.5 Å². The van der Waals surface area contributed by atoms with Crippen LogP contribution in [-0.4, -0.2) is 15.7 Å². The standard InChI is InChI=1S/C15H21N3S/c1-10-6-7-12(8-11(10)2)14-18-17-13(19-14)9-16-15(3,4)5/h6-8,16H,9H2,1-5H3. The number of nitrogens with zero attached hydrogens (tertiary/aromatic N) is 2. The third-order valence-electron chi connectivity index (χ3n) is 2.99. The highest BCUT2D eigenvalue weighted by molar-refractivity contribution is 7.14. The van der Waals surface area contributed by atoms with Crippen molar-refractivity contribution in [1.29, 1.82) is 0 Å². The van der Waals surface area contributed by atoms with E-state index in [9.17, 15) is 0 Å². The predicted octanol–water partition coefficient (Wildman–Crippen LogP) is 3.71. The highest BCUT2D eigenvalue weighted by Crippen LogP contribution is 2.25. The van der Waals surface area contributed by atoms with Gasteiger partial charge in [-0.2, -0.15) is 0 Å². The van der Waals surface area contributed by atoms with E-state index in [-0.39, 0.29) is 5.54 Å². The lowest BCUT2D eigenvalue weighted by atomic mass is 10.1. The largest absolute Gasteiger partial charge is 0.306 e. The van der Waals surface area contributed by atoms with E-state index in [1.807, 2.05) is 0 Å². The summed E-state index contributed by atoms with van der Waals surface area (Å²) >= 11 is 1.66. The molecule has 102 valence electrons. The Morgan fingerprint density at radius 3 is 2.47 bits per heavy atom. The zero-order chi connectivity index (χ0) is 14.0. The van der Waals surface area contributed by atoms with Crippen LogP contribution in [-0.2, 0) is 6.54 Å². The van der Waals surface area contributed by atoms with Crippen LogP contribution in [0.4, 0.5) is 0 Å². The van der Waals surface area contributed by atoms with Crippen LogP contribution in [0.25, 0.3) is 10.6 Å². The van der Waals surface area contributed by atoms with E-state index in [4.69, 9.17) is 0 Å². The summed E-state index contributed by atoms with van der Waals surface area (Å²) in [5.74, 6) is 0. The molecule has 0 bridgehead atoms. The van der Waals surface area contributed by atoms with Gasteiger partial charge in [0.25, 0.3) is 0 Å². The fourth-order valence-electron chi connectivity index (χ4n) is 1.66. The van der Waals surface area contributed by atoms with Crippen molar-refractivity contribution in [2.45, 2.75) is 46.7 Å². The van der Waals surface area contributed by atoms with Gasteiger partial charge in [-0.1, -0.05) is 23.5 Å². The lowest BCUT2D eigenvalue weighted by Crippen LogP contribution is -2.35. The van der Waals surface area contributed by atoms with Gasteiger partial charge in [-0.05, 0) is 51.8 Å². The molecule has 3 nitrogen and oxygen atoms in total. The number of aryl methyl sites for hydroxylation is 2. The van der Waals surface area contributed by atoms with Crippen LogP contribution in [0.2, 0.25) is 0 Å². The van der Waals surface area contributed by atoms with Crippen LogP contribution < -0.4 is 5.32 Å². The van der Waals surface area contributed by atoms with Gasteiger partial charge in [0.1, 0.15) is 10.0 Å². The predicted molar refractivity (Wildman–Crippen MR) is 81.4 cm³/mol. The Hall–Kier alpha value is -1.26. The number of hydrogen-bond acceptors (Lipinski definition) is 4. The molecule has 0 aliphatic carbocycles. The van der Waals surface area contributed by atoms with Gasteiger partial charge in [-0.25, -0.2) is 0 Å². The Bertz CT molecular complexity index is 567. The molecule has 0 unspecified atom stereocenters. The van der Waals surface area contributed by atoms with E-state index in [1.165, 1.54) is 11.1 Å². The first kappa shape index (κ1) is 14.2. The number of hydrogen-bond donors (Lipinski definition) is 1. The Morgan fingerprint density at radius 1 is 1.11 bits per heavy atom. The van der Waals surface area contributed by atoms with E-state index in [0.717, 1.165) is 22.1 Å². The van der Waals surface area contributed by atoms with Gasteiger partial charge in [0.2, 0.25) is 0 Å². The molecule has 0 fully saturated rings. The fraction of sp³-hybridized carbons (Fsp3) is 0.467. The minimum Gasteiger partial charge on any atom is -0.306 e. The van der Waals surface area contributed by atoms with Crippen molar-refractivity contribution in [3.8, 4) is 10.6 Å². The molecule has 19 heavy (non-hydrogen) atoms. The molecule has 1 aromatic heterocycles. The molecule has 0 saturated heterocycles. The zero-order valence-corrected chi connectivity index (χ0v) is 13.1. The number of rotatable bonds is 3. The molecule has 1 heterocycles. The second-order valence-corrected chi connectivity index (χ2v) is 6.97. The van der Waals surface area contributed by atoms with Crippen molar-refractivity contribution in [3.63, 3.8) is 0 Å². The molecule has 4 heteroatoms. The molecule has 0 aliphatic heterocycles. The Balaban J connectivity index is 2.14. The van der Waals surface area contributed by atoms with Crippen molar-refractivity contribution >= 4 is 11.3 Å². The molecule has 2 aromatic rings. The normalized spacial score (nSPS) is 11.8. The zero-order valence-electron chi connectivity index (χ0n) is 12.2. The Labute approximate surface area is 119 Å². The van der Waals surface area contributed by atoms with E-state index in [0.29, 0.717) is 0 Å². The number of benzene rings is 1. The lowest BCUT2D eigenvalue weighted by Gasteiger charge is -2.19. The highest BCUT2D eigenvalue weighted by Gasteiger charge is 2.12. The number of nitrogens with one attached hydrogen (secondary N) is 1. The first-order valence-electron chi connectivity index (χ1n) is 6.50. The van der Waals surface area contributed by atoms with E-state index < -0.39 is 0 Å². The highest BCUT2D eigenvalue weighted by atomic mass is 32.1. The molecular formula is C15H21N3S. The van der Waals surface area contributed by atoms with Crippen molar-refractivity contribution < 1.29 is 0 Å². The maximum Gasteiger partial charge on any atom is 0.147 e. The minimum atomic E-state index is 0.103. The molecule has 0 atom stereocenters. The van der Waals surface area contributed by atoms with Crippen LogP contribution in [0.15, 0.2) is 18.2 Å². The molecule has 0 aliphatic rings. The molecule has 1 N–H and O–H groups in total. The summed E-state index contributed by atoms with van der Waals surface area (Å²) < 4.78 is 0. The molecule has 0 saturated carbocycles. The second-order valence-electron chi connectivity index (χ2n) is 5.90. The summed E-state index contributed by atoms with van der Waals surface area (Å²) in [6.07, 6.45) is 0. The monoisotopic (exact) mass is 275 g/mol. The molecule has 0 radical (unpaired) electrons. The van der Waals surface area contributed by atoms with Crippen molar-refractivity contribution in [2.24, 2.45) is 0 Å². The van der Waals surface area contributed by atoms with Crippen LogP contribution in [0.1, 0.15) is 36.9 Å². The van der Waals surface area contributed by atoms with E-state index in [2.05, 4.69) is 68.3 Å². The van der Waals surface area contributed by atoms with Gasteiger partial charge >= 0.3 is 0 Å². The maximum absolute atomic E-state index is 4.29. The summed E-state index contributed by atoms with van der Waals surface area (Å²) in [5, 5.41) is 14.0. The fourth-order valence-corrected chi connectivity index (χ4v) is 2.43. The van der Waals surface area contributed by atoms with Gasteiger partial charge in [0, 0.05) is 11.1 Å². The van der Waals surface area contributed by atoms with Gasteiger partial charge in [-0.15, -0.1) is 10.2 Å².